The Morgan fingerprint density at radius 3 is 2.70 bits per heavy atom. The highest BCUT2D eigenvalue weighted by Crippen LogP contribution is 2.08. The van der Waals surface area contributed by atoms with Crippen LogP contribution in [-0.2, 0) is 19.2 Å². The Morgan fingerprint density at radius 1 is 1.45 bits per heavy atom. The molecule has 1 aromatic rings. The summed E-state index contributed by atoms with van der Waals surface area (Å²) in [4.78, 5) is 38.9. The average Bonchev–Trinajstić information content (AvgIpc) is 2.39. The lowest BCUT2D eigenvalue weighted by molar-refractivity contribution is -0.141. The summed E-state index contributed by atoms with van der Waals surface area (Å²) in [7, 11) is 0. The molecule has 0 atom stereocenters. The average molecular weight is 320 g/mol. The molecule has 0 aliphatic rings. The molecule has 0 saturated heterocycles. The Labute approximate surface area is 122 Å². The van der Waals surface area contributed by atoms with E-state index in [4.69, 9.17) is 28.3 Å². The minimum absolute atomic E-state index is 0.102. The van der Waals surface area contributed by atoms with Crippen LogP contribution in [0.1, 0.15) is 5.69 Å². The summed E-state index contributed by atoms with van der Waals surface area (Å²) in [5, 5.41) is 14.4. The smallest absolute Gasteiger partial charge is 0.367 e. The topological polar surface area (TPSA) is 118 Å². The molecule has 1 aromatic heterocycles. The molecule has 8 nitrogen and oxygen atoms in total. The number of hydrogen-bond donors (Lipinski definition) is 2. The number of alkyl halides is 2. The number of rotatable bonds is 6. The first kappa shape index (κ1) is 15.9. The monoisotopic (exact) mass is 319 g/mol. The van der Waals surface area contributed by atoms with Crippen LogP contribution in [0.2, 0.25) is 0 Å². The first-order valence-electron chi connectivity index (χ1n) is 4.93. The van der Waals surface area contributed by atoms with Gasteiger partial charge in [-0.2, -0.15) is 0 Å². The van der Waals surface area contributed by atoms with E-state index in [9.17, 15) is 14.4 Å². The number of carbonyl (C=O) groups excluding carboxylic acids is 2. The summed E-state index contributed by atoms with van der Waals surface area (Å²) in [6.07, 6.45) is 0.370. The van der Waals surface area contributed by atoms with E-state index >= 15 is 0 Å². The summed E-state index contributed by atoms with van der Waals surface area (Å²) >= 11 is 10.4. The van der Waals surface area contributed by atoms with Crippen molar-refractivity contribution in [3.63, 3.8) is 0 Å². The zero-order valence-electron chi connectivity index (χ0n) is 9.62. The van der Waals surface area contributed by atoms with Crippen LogP contribution >= 0.6 is 23.2 Å². The molecule has 20 heavy (non-hydrogen) atoms. The van der Waals surface area contributed by atoms with E-state index in [2.05, 4.69) is 20.3 Å². The predicted molar refractivity (Wildman–Crippen MR) is 69.7 cm³/mol. The van der Waals surface area contributed by atoms with Crippen LogP contribution in [0.25, 0.3) is 0 Å². The van der Waals surface area contributed by atoms with Crippen molar-refractivity contribution in [2.75, 3.05) is 5.32 Å². The number of nitrogens with one attached hydrogen (secondary N) is 1. The van der Waals surface area contributed by atoms with Crippen molar-refractivity contribution in [2.24, 2.45) is 5.16 Å². The number of anilines is 1. The van der Waals surface area contributed by atoms with Crippen LogP contribution in [-0.4, -0.2) is 39.0 Å². The van der Waals surface area contributed by atoms with Crippen LogP contribution in [0.5, 0.6) is 0 Å². The number of aliphatic carboxylic acids is 1. The van der Waals surface area contributed by atoms with Gasteiger partial charge in [-0.1, -0.05) is 34.4 Å². The van der Waals surface area contributed by atoms with Crippen LogP contribution < -0.4 is 5.32 Å². The highest BCUT2D eigenvalue weighted by Gasteiger charge is 2.19. The summed E-state index contributed by atoms with van der Waals surface area (Å²) in [5.41, 5.74) is -0.778. The second-order valence-corrected chi connectivity index (χ2v) is 4.22. The van der Waals surface area contributed by atoms with E-state index < -0.39 is 22.5 Å². The van der Waals surface area contributed by atoms with Gasteiger partial charge in [0.05, 0.1) is 0 Å². The number of nitrogens with zero attached hydrogens (tertiary/aromatic N) is 2. The fourth-order valence-electron chi connectivity index (χ4n) is 1.03. The van der Waals surface area contributed by atoms with Gasteiger partial charge in [-0.05, 0) is 12.1 Å². The van der Waals surface area contributed by atoms with E-state index in [0.29, 0.717) is 6.41 Å². The van der Waals surface area contributed by atoms with Crippen molar-refractivity contribution >= 4 is 53.1 Å². The maximum Gasteiger partial charge on any atom is 0.367 e. The molecule has 1 heterocycles. The Bertz CT molecular complexity index is 562. The Kier molecular flexibility index (Phi) is 5.88. The van der Waals surface area contributed by atoms with Gasteiger partial charge in [-0.3, -0.25) is 4.79 Å². The van der Waals surface area contributed by atoms with Gasteiger partial charge < -0.3 is 15.3 Å². The summed E-state index contributed by atoms with van der Waals surface area (Å²) in [6.45, 7) is 0. The maximum absolute atomic E-state index is 11.0. The number of pyridine rings is 1. The number of oxime groups is 1. The SMILES string of the molecule is O=CNc1cccc(/C(=N/OC(=O)C(Cl)Cl)C(=O)O)n1. The highest BCUT2D eigenvalue weighted by atomic mass is 35.5. The van der Waals surface area contributed by atoms with E-state index in [1.165, 1.54) is 18.2 Å². The van der Waals surface area contributed by atoms with Gasteiger partial charge in [0.15, 0.2) is 0 Å². The quantitative estimate of drug-likeness (QED) is 0.263. The van der Waals surface area contributed by atoms with Crippen molar-refractivity contribution in [3.05, 3.63) is 23.9 Å². The van der Waals surface area contributed by atoms with Gasteiger partial charge in [0.25, 0.3) is 0 Å². The van der Waals surface area contributed by atoms with Crippen molar-refractivity contribution in [1.82, 2.24) is 4.98 Å². The lowest BCUT2D eigenvalue weighted by Crippen LogP contribution is -2.19. The molecule has 0 fully saturated rings. The van der Waals surface area contributed by atoms with E-state index in [-0.39, 0.29) is 11.5 Å². The van der Waals surface area contributed by atoms with Crippen molar-refractivity contribution in [1.29, 1.82) is 0 Å². The molecule has 0 unspecified atom stereocenters. The standard InChI is InChI=1S/C10H7Cl2N3O5/c11-8(12)10(19)20-15-7(9(17)18)5-2-1-3-6(14-5)13-4-16/h1-4,8H,(H,17,18)(H,13,14,16)/b15-7-. The van der Waals surface area contributed by atoms with Gasteiger partial charge in [-0.15, -0.1) is 0 Å². The molecule has 0 aliphatic carbocycles. The Balaban J connectivity index is 3.04. The molecule has 0 aliphatic heterocycles. The second kappa shape index (κ2) is 7.41. The first-order chi connectivity index (χ1) is 9.45. The van der Waals surface area contributed by atoms with Gasteiger partial charge >= 0.3 is 11.9 Å². The first-order valence-corrected chi connectivity index (χ1v) is 5.81. The Hall–Kier alpha value is -2.19. The normalized spacial score (nSPS) is 11.1. The van der Waals surface area contributed by atoms with Crippen LogP contribution in [0, 0.1) is 0 Å². The summed E-state index contributed by atoms with van der Waals surface area (Å²) in [6, 6.07) is 4.16. The number of carbonyl (C=O) groups is 3. The lowest BCUT2D eigenvalue weighted by Gasteiger charge is -2.03. The number of aromatic nitrogens is 1. The van der Waals surface area contributed by atoms with Gasteiger partial charge in [0.2, 0.25) is 17.0 Å². The molecule has 0 radical (unpaired) electrons. The molecule has 10 heteroatoms. The maximum atomic E-state index is 11.0. The van der Waals surface area contributed by atoms with Crippen LogP contribution in [0.15, 0.2) is 23.4 Å². The molecule has 0 bridgehead atoms. The molecule has 0 saturated carbocycles. The van der Waals surface area contributed by atoms with Crippen LogP contribution in [0.3, 0.4) is 0 Å². The minimum Gasteiger partial charge on any atom is -0.476 e. The molecule has 1 amide bonds. The number of halogens is 2. The number of hydrogen-bond acceptors (Lipinski definition) is 6. The molecular weight excluding hydrogens is 313 g/mol. The summed E-state index contributed by atoms with van der Waals surface area (Å²) < 4.78 is 0. The second-order valence-electron chi connectivity index (χ2n) is 3.13. The van der Waals surface area contributed by atoms with Crippen LogP contribution in [0.4, 0.5) is 5.82 Å². The minimum atomic E-state index is -1.50. The highest BCUT2D eigenvalue weighted by molar-refractivity contribution is 6.53. The predicted octanol–water partition coefficient (Wildman–Crippen LogP) is 0.785. The van der Waals surface area contributed by atoms with Crippen molar-refractivity contribution in [2.45, 2.75) is 4.84 Å². The Morgan fingerprint density at radius 2 is 2.15 bits per heavy atom. The zero-order valence-corrected chi connectivity index (χ0v) is 11.1. The molecule has 106 valence electrons. The zero-order chi connectivity index (χ0) is 15.1. The number of amides is 1. The van der Waals surface area contributed by atoms with Gasteiger partial charge in [-0.25, -0.2) is 14.6 Å². The van der Waals surface area contributed by atoms with E-state index in [0.717, 1.165) is 0 Å². The fourth-order valence-corrected chi connectivity index (χ4v) is 1.11. The van der Waals surface area contributed by atoms with E-state index in [1.54, 1.807) is 0 Å². The summed E-state index contributed by atoms with van der Waals surface area (Å²) in [5.74, 6) is -2.52. The van der Waals surface area contributed by atoms with Gasteiger partial charge in [0.1, 0.15) is 11.5 Å². The van der Waals surface area contributed by atoms with E-state index in [1.807, 2.05) is 0 Å². The third-order valence-electron chi connectivity index (χ3n) is 1.81. The van der Waals surface area contributed by atoms with Gasteiger partial charge in [0, 0.05) is 0 Å². The molecule has 1 rings (SSSR count). The fraction of sp³-hybridized carbons (Fsp3) is 0.100. The lowest BCUT2D eigenvalue weighted by atomic mass is 10.2. The largest absolute Gasteiger partial charge is 0.476 e. The third kappa shape index (κ3) is 4.48. The molecular formula is C10H7Cl2N3O5. The molecule has 0 aromatic carbocycles. The third-order valence-corrected chi connectivity index (χ3v) is 2.16. The molecule has 0 spiro atoms. The number of carboxylic acid groups (broad SMARTS) is 1. The number of carboxylic acids is 1. The molecule has 2 N–H and O–H groups in total. The van der Waals surface area contributed by atoms with Crippen molar-refractivity contribution in [3.8, 4) is 0 Å². The van der Waals surface area contributed by atoms with Crippen molar-refractivity contribution < 1.29 is 24.3 Å².